The van der Waals surface area contributed by atoms with Crippen LogP contribution < -0.4 is 10.1 Å². The fourth-order valence-electron chi connectivity index (χ4n) is 3.15. The van der Waals surface area contributed by atoms with Gasteiger partial charge < -0.3 is 15.2 Å². The first-order valence-corrected chi connectivity index (χ1v) is 10.0. The van der Waals surface area contributed by atoms with Crippen LogP contribution in [0.3, 0.4) is 0 Å². The van der Waals surface area contributed by atoms with Crippen LogP contribution in [0.15, 0.2) is 66.7 Å². The van der Waals surface area contributed by atoms with Gasteiger partial charge in [0, 0.05) is 13.0 Å². The minimum Gasteiger partial charge on any atom is -0.505 e. The zero-order valence-electron chi connectivity index (χ0n) is 18.1. The second kappa shape index (κ2) is 10.2. The molecule has 0 saturated carbocycles. The Labute approximate surface area is 190 Å². The Kier molecular flexibility index (Phi) is 7.20. The van der Waals surface area contributed by atoms with Gasteiger partial charge in [0.25, 0.3) is 0 Å². The molecule has 2 N–H and O–H groups in total. The third kappa shape index (κ3) is 6.04. The van der Waals surface area contributed by atoms with Gasteiger partial charge in [-0.05, 0) is 47.9 Å². The molecule has 0 aliphatic heterocycles. The van der Waals surface area contributed by atoms with Crippen molar-refractivity contribution in [2.24, 2.45) is 0 Å². The average molecular weight is 446 g/mol. The number of amides is 1. The molecule has 0 spiro atoms. The molecule has 3 rings (SSSR count). The van der Waals surface area contributed by atoms with E-state index >= 15 is 0 Å². The number of phenols is 1. The molecule has 0 radical (unpaired) electrons. The maximum absolute atomic E-state index is 12.7. The number of ketones is 1. The van der Waals surface area contributed by atoms with Crippen LogP contribution in [0.5, 0.6) is 11.5 Å². The minimum atomic E-state index is -0.550. The summed E-state index contributed by atoms with van der Waals surface area (Å²) in [5.74, 6) is -1.13. The Morgan fingerprint density at radius 1 is 1.12 bits per heavy atom. The van der Waals surface area contributed by atoms with Gasteiger partial charge >= 0.3 is 5.69 Å². The predicted molar refractivity (Wildman–Crippen MR) is 124 cm³/mol. The highest BCUT2D eigenvalue weighted by Crippen LogP contribution is 2.31. The van der Waals surface area contributed by atoms with Gasteiger partial charge in [0.15, 0.2) is 11.5 Å². The topological polar surface area (TPSA) is 119 Å². The molecule has 0 unspecified atom stereocenters. The molecule has 0 bridgehead atoms. The SMILES string of the molecule is CC(=O)Nc1cc(C)cc(C(=O)C=Cc2ccc(OCc3ccccc3)c([N+](=O)[O-])c2)c1O. The summed E-state index contributed by atoms with van der Waals surface area (Å²) < 4.78 is 5.61. The molecule has 3 aromatic carbocycles. The molecule has 168 valence electrons. The predicted octanol–water partition coefficient (Wildman–Crippen LogP) is 5.04. The number of nitrogens with one attached hydrogen (secondary N) is 1. The van der Waals surface area contributed by atoms with Crippen LogP contribution in [-0.2, 0) is 11.4 Å². The standard InChI is InChI=1S/C25H22N2O6/c1-16-12-20(25(30)21(13-16)26-17(2)28)23(29)10-8-18-9-11-24(22(14-18)27(31)32)33-15-19-6-4-3-5-7-19/h3-14,30H,15H2,1-2H3,(H,26,28). The van der Waals surface area contributed by atoms with Crippen molar-refractivity contribution in [1.82, 2.24) is 0 Å². The van der Waals surface area contributed by atoms with Crippen LogP contribution in [0.1, 0.15) is 34.0 Å². The molecule has 0 fully saturated rings. The summed E-state index contributed by atoms with van der Waals surface area (Å²) in [5.41, 5.74) is 1.87. The second-order valence-corrected chi connectivity index (χ2v) is 7.35. The molecule has 1 amide bonds. The molecule has 3 aromatic rings. The van der Waals surface area contributed by atoms with Crippen molar-refractivity contribution in [2.45, 2.75) is 20.5 Å². The van der Waals surface area contributed by atoms with Crippen molar-refractivity contribution in [3.8, 4) is 11.5 Å². The largest absolute Gasteiger partial charge is 0.505 e. The van der Waals surface area contributed by atoms with Gasteiger partial charge in [-0.25, -0.2) is 0 Å². The van der Waals surface area contributed by atoms with Crippen molar-refractivity contribution in [3.63, 3.8) is 0 Å². The summed E-state index contributed by atoms with van der Waals surface area (Å²) >= 11 is 0. The first kappa shape index (κ1) is 23.2. The van der Waals surface area contributed by atoms with Gasteiger partial charge in [-0.3, -0.25) is 19.7 Å². The third-order valence-electron chi connectivity index (χ3n) is 4.67. The van der Waals surface area contributed by atoms with Crippen LogP contribution in [0.2, 0.25) is 0 Å². The number of aromatic hydroxyl groups is 1. The fraction of sp³-hybridized carbons (Fsp3) is 0.120. The monoisotopic (exact) mass is 446 g/mol. The summed E-state index contributed by atoms with van der Waals surface area (Å²) in [6.45, 7) is 3.20. The molecule has 0 aliphatic rings. The number of anilines is 1. The molecule has 0 aliphatic carbocycles. The number of phenolic OH excluding ortho intramolecular Hbond substituents is 1. The van der Waals surface area contributed by atoms with Crippen molar-refractivity contribution in [1.29, 1.82) is 0 Å². The number of aryl methyl sites for hydroxylation is 1. The number of rotatable bonds is 8. The molecule has 0 aromatic heterocycles. The lowest BCUT2D eigenvalue weighted by Gasteiger charge is -2.10. The van der Waals surface area contributed by atoms with E-state index in [1.54, 1.807) is 19.1 Å². The molecule has 0 saturated heterocycles. The number of carbonyl (C=O) groups excluding carboxylic acids is 2. The number of ether oxygens (including phenoxy) is 1. The van der Waals surface area contributed by atoms with Crippen molar-refractivity contribution >= 4 is 29.1 Å². The Morgan fingerprint density at radius 2 is 1.85 bits per heavy atom. The Hall–Kier alpha value is -4.46. The normalized spacial score (nSPS) is 10.7. The van der Waals surface area contributed by atoms with Gasteiger partial charge in [-0.1, -0.05) is 42.5 Å². The lowest BCUT2D eigenvalue weighted by molar-refractivity contribution is -0.386. The van der Waals surface area contributed by atoms with E-state index in [-0.39, 0.29) is 41.0 Å². The smallest absolute Gasteiger partial charge is 0.311 e. The fourth-order valence-corrected chi connectivity index (χ4v) is 3.15. The highest BCUT2D eigenvalue weighted by atomic mass is 16.6. The Bertz CT molecular complexity index is 1240. The number of hydrogen-bond donors (Lipinski definition) is 2. The molecule has 8 heteroatoms. The van der Waals surface area contributed by atoms with E-state index in [1.807, 2.05) is 30.3 Å². The van der Waals surface area contributed by atoms with Crippen LogP contribution in [-0.4, -0.2) is 21.7 Å². The summed E-state index contributed by atoms with van der Waals surface area (Å²) in [7, 11) is 0. The van der Waals surface area contributed by atoms with Gasteiger partial charge in [0.2, 0.25) is 5.91 Å². The van der Waals surface area contributed by atoms with Crippen molar-refractivity contribution in [3.05, 3.63) is 99.1 Å². The van der Waals surface area contributed by atoms with E-state index in [0.717, 1.165) is 5.56 Å². The number of allylic oxidation sites excluding steroid dienone is 1. The van der Waals surface area contributed by atoms with E-state index in [2.05, 4.69) is 5.32 Å². The van der Waals surface area contributed by atoms with E-state index in [4.69, 9.17) is 4.74 Å². The first-order chi connectivity index (χ1) is 15.7. The van der Waals surface area contributed by atoms with E-state index < -0.39 is 10.7 Å². The number of carbonyl (C=O) groups is 2. The Balaban J connectivity index is 1.81. The Morgan fingerprint density at radius 3 is 2.52 bits per heavy atom. The van der Waals surface area contributed by atoms with Gasteiger partial charge in [-0.15, -0.1) is 0 Å². The van der Waals surface area contributed by atoms with E-state index in [9.17, 15) is 24.8 Å². The van der Waals surface area contributed by atoms with Crippen LogP contribution in [0.4, 0.5) is 11.4 Å². The van der Waals surface area contributed by atoms with Crippen LogP contribution >= 0.6 is 0 Å². The third-order valence-corrected chi connectivity index (χ3v) is 4.67. The lowest BCUT2D eigenvalue weighted by Crippen LogP contribution is -2.08. The van der Waals surface area contributed by atoms with Gasteiger partial charge in [0.05, 0.1) is 16.2 Å². The van der Waals surface area contributed by atoms with E-state index in [1.165, 1.54) is 37.3 Å². The maximum Gasteiger partial charge on any atom is 0.311 e. The molecular formula is C25H22N2O6. The average Bonchev–Trinajstić information content (AvgIpc) is 2.78. The molecule has 8 nitrogen and oxygen atoms in total. The highest BCUT2D eigenvalue weighted by molar-refractivity contribution is 6.10. The summed E-state index contributed by atoms with van der Waals surface area (Å²) in [6, 6.07) is 16.7. The first-order valence-electron chi connectivity index (χ1n) is 10.0. The van der Waals surface area contributed by atoms with Crippen molar-refractivity contribution in [2.75, 3.05) is 5.32 Å². The molecule has 0 heterocycles. The number of nitro groups is 1. The lowest BCUT2D eigenvalue weighted by atomic mass is 10.0. The minimum absolute atomic E-state index is 0.00677. The number of hydrogen-bond acceptors (Lipinski definition) is 6. The number of nitro benzene ring substituents is 1. The van der Waals surface area contributed by atoms with E-state index in [0.29, 0.717) is 11.1 Å². The highest BCUT2D eigenvalue weighted by Gasteiger charge is 2.17. The summed E-state index contributed by atoms with van der Waals surface area (Å²) in [4.78, 5) is 34.9. The second-order valence-electron chi connectivity index (χ2n) is 7.35. The number of nitrogens with zero attached hydrogens (tertiary/aromatic N) is 1. The maximum atomic E-state index is 12.7. The number of benzene rings is 3. The molecular weight excluding hydrogens is 424 g/mol. The summed E-state index contributed by atoms with van der Waals surface area (Å²) in [6.07, 6.45) is 2.62. The quantitative estimate of drug-likeness (QED) is 0.164. The van der Waals surface area contributed by atoms with Crippen molar-refractivity contribution < 1.29 is 24.4 Å². The van der Waals surface area contributed by atoms with Crippen LogP contribution in [0, 0.1) is 17.0 Å². The van der Waals surface area contributed by atoms with Crippen LogP contribution in [0.25, 0.3) is 6.08 Å². The summed E-state index contributed by atoms with van der Waals surface area (Å²) in [5, 5.41) is 24.4. The zero-order chi connectivity index (χ0) is 24.0. The van der Waals surface area contributed by atoms with Gasteiger partial charge in [0.1, 0.15) is 12.4 Å². The molecule has 0 atom stereocenters. The zero-order valence-corrected chi connectivity index (χ0v) is 18.1. The van der Waals surface area contributed by atoms with Gasteiger partial charge in [-0.2, -0.15) is 0 Å². The molecule has 33 heavy (non-hydrogen) atoms.